The molecule has 1 atom stereocenters. The molecule has 0 saturated heterocycles. The molecule has 0 aliphatic heterocycles. The van der Waals surface area contributed by atoms with Gasteiger partial charge in [0.1, 0.15) is 11.5 Å². The number of ether oxygens (including phenoxy) is 2. The number of rotatable bonds is 9. The molecule has 3 aromatic carbocycles. The molecule has 0 fully saturated rings. The molecule has 4 rings (SSSR count). The number of methoxy groups -OCH3 is 1. The quantitative estimate of drug-likeness (QED) is 0.355. The lowest BCUT2D eigenvalue weighted by Gasteiger charge is -2.18. The van der Waals surface area contributed by atoms with Crippen LogP contribution < -0.4 is 14.8 Å². The lowest BCUT2D eigenvalue weighted by molar-refractivity contribution is 0.0913. The summed E-state index contributed by atoms with van der Waals surface area (Å²) in [5.74, 6) is 0.983. The van der Waals surface area contributed by atoms with E-state index in [-0.39, 0.29) is 12.5 Å². The van der Waals surface area contributed by atoms with Crippen LogP contribution >= 0.6 is 11.3 Å². The van der Waals surface area contributed by atoms with Crippen LogP contribution in [0.4, 0.5) is 0 Å². The molecule has 170 valence electrons. The summed E-state index contributed by atoms with van der Waals surface area (Å²) in [7, 11) is 1.63. The zero-order chi connectivity index (χ0) is 23.2. The van der Waals surface area contributed by atoms with Gasteiger partial charge in [-0.15, -0.1) is 11.3 Å². The Morgan fingerprint density at radius 2 is 1.88 bits per heavy atom. The van der Waals surface area contributed by atoms with Crippen molar-refractivity contribution in [2.75, 3.05) is 20.3 Å². The minimum Gasteiger partial charge on any atom is -0.497 e. The van der Waals surface area contributed by atoms with Crippen molar-refractivity contribution >= 4 is 27.3 Å². The van der Waals surface area contributed by atoms with Gasteiger partial charge < -0.3 is 19.9 Å². The van der Waals surface area contributed by atoms with Crippen LogP contribution in [0.5, 0.6) is 11.5 Å². The number of carbonyl (C=O) groups excluding carboxylic acids is 1. The first-order chi connectivity index (χ1) is 16.1. The van der Waals surface area contributed by atoms with Crippen LogP contribution in [0.1, 0.15) is 22.8 Å². The van der Waals surface area contributed by atoms with E-state index in [9.17, 15) is 9.90 Å². The molecule has 0 spiro atoms. The maximum Gasteiger partial charge on any atom is 0.255 e. The molecule has 0 radical (unpaired) electrons. The zero-order valence-electron chi connectivity index (χ0n) is 18.7. The minimum absolute atomic E-state index is 0.157. The third-order valence-corrected chi connectivity index (χ3v) is 6.52. The van der Waals surface area contributed by atoms with Crippen LogP contribution in [-0.2, 0) is 6.42 Å². The maximum atomic E-state index is 13.3. The molecule has 1 heterocycles. The van der Waals surface area contributed by atoms with Crippen LogP contribution in [0.25, 0.3) is 21.2 Å². The van der Waals surface area contributed by atoms with Gasteiger partial charge in [0.15, 0.2) is 0 Å². The molecule has 6 heteroatoms. The highest BCUT2D eigenvalue weighted by Crippen LogP contribution is 2.30. The van der Waals surface area contributed by atoms with E-state index in [1.54, 1.807) is 18.4 Å². The van der Waals surface area contributed by atoms with E-state index >= 15 is 0 Å². The fraction of sp³-hybridized carbons (Fsp3) is 0.222. The van der Waals surface area contributed by atoms with Gasteiger partial charge in [-0.05, 0) is 71.1 Å². The first kappa shape index (κ1) is 22.8. The van der Waals surface area contributed by atoms with Crippen LogP contribution in [0.15, 0.2) is 72.1 Å². The van der Waals surface area contributed by atoms with Gasteiger partial charge in [0.05, 0.1) is 31.9 Å². The smallest absolute Gasteiger partial charge is 0.255 e. The second-order valence-corrected chi connectivity index (χ2v) is 8.60. The molecule has 4 aromatic rings. The molecule has 1 amide bonds. The maximum absolute atomic E-state index is 13.3. The van der Waals surface area contributed by atoms with E-state index in [0.717, 1.165) is 27.8 Å². The summed E-state index contributed by atoms with van der Waals surface area (Å²) in [5.41, 5.74) is 3.37. The third-order valence-electron chi connectivity index (χ3n) is 5.51. The van der Waals surface area contributed by atoms with Gasteiger partial charge >= 0.3 is 0 Å². The fourth-order valence-corrected chi connectivity index (χ4v) is 4.83. The summed E-state index contributed by atoms with van der Waals surface area (Å²) in [6.45, 7) is 2.18. The SMILES string of the molecule is CCOc1ccc(-c2cccc(OC)c2)cc1C(=O)N[C@@H](CO)Cc1csc2ccccc12. The standard InChI is InChI=1S/C27H27NO4S/c1-3-32-25-12-11-19(18-7-6-8-22(14-18)31-2)15-24(25)27(30)28-21(16-29)13-20-17-33-26-10-5-4-9-23(20)26/h4-12,14-15,17,21,29H,3,13,16H2,1-2H3,(H,28,30)/t21-/m1/s1. The Labute approximate surface area is 197 Å². The number of nitrogens with one attached hydrogen (secondary N) is 1. The molecule has 1 aromatic heterocycles. The highest BCUT2D eigenvalue weighted by molar-refractivity contribution is 7.17. The summed E-state index contributed by atoms with van der Waals surface area (Å²) in [4.78, 5) is 13.3. The van der Waals surface area contributed by atoms with E-state index in [4.69, 9.17) is 9.47 Å². The van der Waals surface area contributed by atoms with Crippen molar-refractivity contribution in [2.24, 2.45) is 0 Å². The number of amides is 1. The number of carbonyl (C=O) groups is 1. The molecular formula is C27H27NO4S. The summed E-state index contributed by atoms with van der Waals surface area (Å²) in [5, 5.41) is 16.2. The number of fused-ring (bicyclic) bond motifs is 1. The summed E-state index contributed by atoms with van der Waals surface area (Å²) < 4.78 is 12.3. The molecule has 0 saturated carbocycles. The number of thiophene rings is 1. The molecule has 33 heavy (non-hydrogen) atoms. The van der Waals surface area contributed by atoms with Gasteiger partial charge in [0.2, 0.25) is 0 Å². The number of benzene rings is 3. The van der Waals surface area contributed by atoms with Crippen molar-refractivity contribution < 1.29 is 19.4 Å². The van der Waals surface area contributed by atoms with E-state index in [2.05, 4.69) is 22.8 Å². The number of hydrogen-bond acceptors (Lipinski definition) is 5. The molecule has 0 aliphatic rings. The molecule has 0 unspecified atom stereocenters. The first-order valence-electron chi connectivity index (χ1n) is 10.9. The average molecular weight is 462 g/mol. The second-order valence-electron chi connectivity index (χ2n) is 7.69. The first-order valence-corrected chi connectivity index (χ1v) is 11.8. The van der Waals surface area contributed by atoms with Crippen LogP contribution in [0.2, 0.25) is 0 Å². The minimum atomic E-state index is -0.412. The highest BCUT2D eigenvalue weighted by atomic mass is 32.1. The Hall–Kier alpha value is -3.35. The predicted molar refractivity (Wildman–Crippen MR) is 133 cm³/mol. The third kappa shape index (κ3) is 5.18. The van der Waals surface area contributed by atoms with Crippen LogP contribution in [-0.4, -0.2) is 37.4 Å². The number of aliphatic hydroxyl groups excluding tert-OH is 1. The lowest BCUT2D eigenvalue weighted by Crippen LogP contribution is -2.39. The Morgan fingerprint density at radius 3 is 2.67 bits per heavy atom. The van der Waals surface area contributed by atoms with Crippen LogP contribution in [0.3, 0.4) is 0 Å². The molecular weight excluding hydrogens is 434 g/mol. The topological polar surface area (TPSA) is 67.8 Å². The van der Waals surface area contributed by atoms with E-state index in [1.807, 2.05) is 61.5 Å². The van der Waals surface area contributed by atoms with E-state index < -0.39 is 6.04 Å². The zero-order valence-corrected chi connectivity index (χ0v) is 19.5. The largest absolute Gasteiger partial charge is 0.497 e. The van der Waals surface area contributed by atoms with Crippen molar-refractivity contribution in [1.29, 1.82) is 0 Å². The van der Waals surface area contributed by atoms with Gasteiger partial charge in [0.25, 0.3) is 5.91 Å². The molecule has 0 aliphatic carbocycles. The Balaban J connectivity index is 1.59. The van der Waals surface area contributed by atoms with Crippen molar-refractivity contribution in [1.82, 2.24) is 5.32 Å². The summed E-state index contributed by atoms with van der Waals surface area (Å²) in [6, 6.07) is 21.0. The average Bonchev–Trinajstić information content (AvgIpc) is 3.26. The van der Waals surface area contributed by atoms with Crippen molar-refractivity contribution in [3.05, 3.63) is 83.2 Å². The second kappa shape index (κ2) is 10.5. The summed E-state index contributed by atoms with van der Waals surface area (Å²) >= 11 is 1.67. The molecule has 5 nitrogen and oxygen atoms in total. The number of hydrogen-bond donors (Lipinski definition) is 2. The highest BCUT2D eigenvalue weighted by Gasteiger charge is 2.19. The van der Waals surface area contributed by atoms with E-state index in [1.165, 1.54) is 4.70 Å². The Kier molecular flexibility index (Phi) is 7.27. The van der Waals surface area contributed by atoms with Gasteiger partial charge in [-0.1, -0.05) is 36.4 Å². The Bertz CT molecular complexity index is 1250. The van der Waals surface area contributed by atoms with Gasteiger partial charge in [0, 0.05) is 4.70 Å². The van der Waals surface area contributed by atoms with E-state index in [0.29, 0.717) is 24.3 Å². The number of aliphatic hydroxyl groups is 1. The van der Waals surface area contributed by atoms with Gasteiger partial charge in [-0.25, -0.2) is 0 Å². The fourth-order valence-electron chi connectivity index (χ4n) is 3.85. The Morgan fingerprint density at radius 1 is 1.06 bits per heavy atom. The van der Waals surface area contributed by atoms with Crippen LogP contribution in [0, 0.1) is 0 Å². The molecule has 2 N–H and O–H groups in total. The van der Waals surface area contributed by atoms with Crippen molar-refractivity contribution in [3.8, 4) is 22.6 Å². The summed E-state index contributed by atoms with van der Waals surface area (Å²) in [6.07, 6.45) is 0.547. The normalized spacial score (nSPS) is 11.8. The van der Waals surface area contributed by atoms with Crippen molar-refractivity contribution in [2.45, 2.75) is 19.4 Å². The van der Waals surface area contributed by atoms with Gasteiger partial charge in [-0.3, -0.25) is 4.79 Å². The molecule has 0 bridgehead atoms. The lowest BCUT2D eigenvalue weighted by atomic mass is 10.0. The predicted octanol–water partition coefficient (Wildman–Crippen LogP) is 5.31. The monoisotopic (exact) mass is 461 g/mol. The van der Waals surface area contributed by atoms with Crippen molar-refractivity contribution in [3.63, 3.8) is 0 Å². The van der Waals surface area contributed by atoms with Gasteiger partial charge in [-0.2, -0.15) is 0 Å².